The van der Waals surface area contributed by atoms with Gasteiger partial charge in [0.05, 0.1) is 19.3 Å². The number of carbonyl (C=O) groups is 2. The fourth-order valence-corrected chi connectivity index (χ4v) is 4.38. The molecule has 25 heavy (non-hydrogen) atoms. The minimum Gasteiger partial charge on any atom is -0.497 e. The summed E-state index contributed by atoms with van der Waals surface area (Å²) in [6.07, 6.45) is 3.44. The fraction of sp³-hybridized carbons (Fsp3) is 0.389. The number of methoxy groups -OCH3 is 1. The van der Waals surface area contributed by atoms with Gasteiger partial charge in [-0.05, 0) is 25.0 Å². The summed E-state index contributed by atoms with van der Waals surface area (Å²) in [5.74, 6) is 0.664. The smallest absolute Gasteiger partial charge is 0.325 e. The van der Waals surface area contributed by atoms with Gasteiger partial charge in [-0.15, -0.1) is 11.3 Å². The molecule has 1 N–H and O–H groups in total. The van der Waals surface area contributed by atoms with Gasteiger partial charge in [-0.1, -0.05) is 25.0 Å². The molecule has 6 nitrogen and oxygen atoms in total. The third kappa shape index (κ3) is 2.78. The fourth-order valence-electron chi connectivity index (χ4n) is 3.57. The van der Waals surface area contributed by atoms with Gasteiger partial charge in [0.15, 0.2) is 0 Å². The number of aromatic nitrogens is 1. The van der Waals surface area contributed by atoms with Crippen LogP contribution in [-0.2, 0) is 11.3 Å². The molecule has 130 valence electrons. The molecule has 2 fully saturated rings. The number of thiazole rings is 1. The van der Waals surface area contributed by atoms with Gasteiger partial charge in [-0.25, -0.2) is 9.78 Å². The number of benzene rings is 1. The number of hydrogen-bond acceptors (Lipinski definition) is 5. The van der Waals surface area contributed by atoms with E-state index >= 15 is 0 Å². The van der Waals surface area contributed by atoms with E-state index in [1.807, 2.05) is 29.6 Å². The van der Waals surface area contributed by atoms with Gasteiger partial charge >= 0.3 is 6.03 Å². The Morgan fingerprint density at radius 3 is 2.88 bits per heavy atom. The van der Waals surface area contributed by atoms with Crippen LogP contribution in [0.2, 0.25) is 0 Å². The van der Waals surface area contributed by atoms with Crippen LogP contribution < -0.4 is 10.1 Å². The summed E-state index contributed by atoms with van der Waals surface area (Å²) in [5, 5.41) is 5.64. The molecule has 1 saturated heterocycles. The Morgan fingerprint density at radius 1 is 1.32 bits per heavy atom. The van der Waals surface area contributed by atoms with Crippen LogP contribution in [0.1, 0.15) is 31.4 Å². The first kappa shape index (κ1) is 16.1. The second kappa shape index (κ2) is 6.15. The van der Waals surface area contributed by atoms with Gasteiger partial charge in [0.2, 0.25) is 0 Å². The molecule has 1 aliphatic heterocycles. The molecule has 0 unspecified atom stereocenters. The van der Waals surface area contributed by atoms with Gasteiger partial charge in [-0.3, -0.25) is 9.69 Å². The lowest BCUT2D eigenvalue weighted by Gasteiger charge is -2.19. The lowest BCUT2D eigenvalue weighted by atomic mass is 9.98. The largest absolute Gasteiger partial charge is 0.497 e. The van der Waals surface area contributed by atoms with Gasteiger partial charge in [-0.2, -0.15) is 0 Å². The van der Waals surface area contributed by atoms with Gasteiger partial charge < -0.3 is 10.1 Å². The number of hydrogen-bond donors (Lipinski definition) is 1. The number of amides is 3. The molecule has 1 spiro atoms. The van der Waals surface area contributed by atoms with Crippen molar-refractivity contribution in [3.8, 4) is 16.3 Å². The highest BCUT2D eigenvalue weighted by molar-refractivity contribution is 7.13. The minimum atomic E-state index is -0.664. The third-order valence-corrected chi connectivity index (χ3v) is 5.83. The summed E-state index contributed by atoms with van der Waals surface area (Å²) in [5.41, 5.74) is 1.02. The van der Waals surface area contributed by atoms with Crippen molar-refractivity contribution in [2.45, 2.75) is 37.8 Å². The number of nitrogens with one attached hydrogen (secondary N) is 1. The number of imide groups is 1. The zero-order valence-electron chi connectivity index (χ0n) is 13.9. The second-order valence-corrected chi connectivity index (χ2v) is 7.34. The Kier molecular flexibility index (Phi) is 3.95. The lowest BCUT2D eigenvalue weighted by Crippen LogP contribution is -2.44. The van der Waals surface area contributed by atoms with Crippen LogP contribution in [0.5, 0.6) is 5.75 Å². The van der Waals surface area contributed by atoms with E-state index in [1.165, 1.54) is 16.2 Å². The summed E-state index contributed by atoms with van der Waals surface area (Å²) in [4.78, 5) is 30.9. The highest BCUT2D eigenvalue weighted by atomic mass is 32.1. The number of carbonyl (C=O) groups excluding carboxylic acids is 2. The Labute approximate surface area is 149 Å². The molecule has 2 aliphatic rings. The van der Waals surface area contributed by atoms with Gasteiger partial charge in [0.25, 0.3) is 5.91 Å². The maximum atomic E-state index is 12.7. The van der Waals surface area contributed by atoms with Crippen LogP contribution in [0.4, 0.5) is 4.79 Å². The van der Waals surface area contributed by atoms with Crippen molar-refractivity contribution >= 4 is 23.3 Å². The average molecular weight is 357 g/mol. The molecule has 0 bridgehead atoms. The standard InChI is InChI=1S/C18H19N3O3S/c1-24-14-6-4-5-12(9-14)15-19-13(11-25-15)10-21-16(22)18(20-17(21)23)7-2-3-8-18/h4-6,9,11H,2-3,7-8,10H2,1H3,(H,20,23). The van der Waals surface area contributed by atoms with Crippen LogP contribution in [0.15, 0.2) is 29.6 Å². The molecule has 4 rings (SSSR count). The molecule has 0 radical (unpaired) electrons. The van der Waals surface area contributed by atoms with E-state index in [0.717, 1.165) is 47.7 Å². The number of nitrogens with zero attached hydrogens (tertiary/aromatic N) is 2. The summed E-state index contributed by atoms with van der Waals surface area (Å²) in [7, 11) is 1.63. The molecule has 2 aromatic rings. The molecule has 2 heterocycles. The lowest BCUT2D eigenvalue weighted by molar-refractivity contribution is -0.131. The van der Waals surface area contributed by atoms with Crippen LogP contribution in [0, 0.1) is 0 Å². The minimum absolute atomic E-state index is 0.106. The van der Waals surface area contributed by atoms with E-state index in [4.69, 9.17) is 4.74 Å². The summed E-state index contributed by atoms with van der Waals surface area (Å²) >= 11 is 1.50. The first-order valence-corrected chi connectivity index (χ1v) is 9.22. The quantitative estimate of drug-likeness (QED) is 0.853. The molecular formula is C18H19N3O3S. The summed E-state index contributed by atoms with van der Waals surface area (Å²) < 4.78 is 5.24. The first-order valence-electron chi connectivity index (χ1n) is 8.34. The van der Waals surface area contributed by atoms with Crippen LogP contribution in [0.25, 0.3) is 10.6 Å². The van der Waals surface area contributed by atoms with Crippen LogP contribution >= 0.6 is 11.3 Å². The zero-order valence-corrected chi connectivity index (χ0v) is 14.8. The van der Waals surface area contributed by atoms with Crippen molar-refractivity contribution in [1.29, 1.82) is 0 Å². The normalized spacial score (nSPS) is 18.8. The SMILES string of the molecule is COc1cccc(-c2nc(CN3C(=O)NC4(CCCC4)C3=O)cs2)c1. The molecule has 1 saturated carbocycles. The van der Waals surface area contributed by atoms with Crippen LogP contribution in [-0.4, -0.2) is 34.5 Å². The van der Waals surface area contributed by atoms with E-state index in [1.54, 1.807) is 7.11 Å². The van der Waals surface area contributed by atoms with Gasteiger partial charge in [0.1, 0.15) is 16.3 Å². The average Bonchev–Trinajstić information content (AvgIpc) is 3.33. The highest BCUT2D eigenvalue weighted by Crippen LogP contribution is 2.36. The van der Waals surface area contributed by atoms with E-state index in [9.17, 15) is 9.59 Å². The van der Waals surface area contributed by atoms with Gasteiger partial charge in [0, 0.05) is 10.9 Å². The molecule has 3 amide bonds. The molecule has 0 atom stereocenters. The molecule has 1 aliphatic carbocycles. The van der Waals surface area contributed by atoms with Crippen molar-refractivity contribution in [1.82, 2.24) is 15.2 Å². The predicted molar refractivity (Wildman–Crippen MR) is 94.4 cm³/mol. The molecule has 7 heteroatoms. The Morgan fingerprint density at radius 2 is 2.12 bits per heavy atom. The van der Waals surface area contributed by atoms with E-state index < -0.39 is 5.54 Å². The Bertz CT molecular complexity index is 826. The number of ether oxygens (including phenoxy) is 1. The molecule has 1 aromatic heterocycles. The van der Waals surface area contributed by atoms with Crippen LogP contribution in [0.3, 0.4) is 0 Å². The summed E-state index contributed by atoms with van der Waals surface area (Å²) in [6.45, 7) is 0.215. The first-order chi connectivity index (χ1) is 12.1. The Hall–Kier alpha value is -2.41. The molecular weight excluding hydrogens is 338 g/mol. The van der Waals surface area contributed by atoms with Crippen molar-refractivity contribution in [2.24, 2.45) is 0 Å². The molecule has 1 aromatic carbocycles. The second-order valence-electron chi connectivity index (χ2n) is 6.49. The predicted octanol–water partition coefficient (Wildman–Crippen LogP) is 3.18. The summed E-state index contributed by atoms with van der Waals surface area (Å²) in [6, 6.07) is 7.38. The van der Waals surface area contributed by atoms with E-state index in [-0.39, 0.29) is 18.5 Å². The van der Waals surface area contributed by atoms with Crippen molar-refractivity contribution in [3.05, 3.63) is 35.3 Å². The zero-order chi connectivity index (χ0) is 17.4. The van der Waals surface area contributed by atoms with E-state index in [0.29, 0.717) is 0 Å². The van der Waals surface area contributed by atoms with Crippen molar-refractivity contribution in [3.63, 3.8) is 0 Å². The maximum absolute atomic E-state index is 12.7. The monoisotopic (exact) mass is 357 g/mol. The number of urea groups is 1. The van der Waals surface area contributed by atoms with Crippen molar-refractivity contribution in [2.75, 3.05) is 7.11 Å². The topological polar surface area (TPSA) is 71.5 Å². The number of rotatable bonds is 4. The third-order valence-electron chi connectivity index (χ3n) is 4.89. The highest BCUT2D eigenvalue weighted by Gasteiger charge is 2.52. The van der Waals surface area contributed by atoms with E-state index in [2.05, 4.69) is 10.3 Å². The maximum Gasteiger partial charge on any atom is 0.325 e. The van der Waals surface area contributed by atoms with Crippen molar-refractivity contribution < 1.29 is 14.3 Å². The Balaban J connectivity index is 1.53.